The van der Waals surface area contributed by atoms with Gasteiger partial charge >= 0.3 is 0 Å². The second kappa shape index (κ2) is 9.09. The summed E-state index contributed by atoms with van der Waals surface area (Å²) in [5, 5.41) is 0.607. The molecule has 30 heavy (non-hydrogen) atoms. The molecule has 0 bridgehead atoms. The van der Waals surface area contributed by atoms with Gasteiger partial charge in [-0.25, -0.2) is 0 Å². The van der Waals surface area contributed by atoms with Gasteiger partial charge in [-0.05, 0) is 67.6 Å². The van der Waals surface area contributed by atoms with E-state index in [1.54, 1.807) is 31.4 Å². The lowest BCUT2D eigenvalue weighted by atomic mass is 9.94. The van der Waals surface area contributed by atoms with Crippen LogP contribution < -0.4 is 4.74 Å². The smallest absolute Gasteiger partial charge is 0.253 e. The third-order valence-corrected chi connectivity index (χ3v) is 6.42. The van der Waals surface area contributed by atoms with Gasteiger partial charge in [0.1, 0.15) is 5.75 Å². The number of hydrogen-bond acceptors (Lipinski definition) is 3. The average molecular weight is 427 g/mol. The van der Waals surface area contributed by atoms with E-state index in [4.69, 9.17) is 16.3 Å². The van der Waals surface area contributed by atoms with Crippen LogP contribution in [0.15, 0.2) is 48.5 Å². The molecule has 0 aromatic heterocycles. The lowest BCUT2D eigenvalue weighted by Crippen LogP contribution is -2.46. The molecule has 0 saturated carbocycles. The zero-order valence-electron chi connectivity index (χ0n) is 17.2. The quantitative estimate of drug-likeness (QED) is 0.719. The molecule has 0 radical (unpaired) electrons. The standard InChI is InChI=1S/C24H27ClN2O3/c1-30-21-7-2-5-18(15-21)22-8-4-14-27(22)24(29)19-6-3-13-26(16-19)23(28)17-9-11-20(25)12-10-17/h2,5,7,9-12,15,19,22H,3-4,6,8,13-14,16H2,1H3. The number of likely N-dealkylation sites (tertiary alicyclic amines) is 2. The van der Waals surface area contributed by atoms with E-state index < -0.39 is 0 Å². The van der Waals surface area contributed by atoms with E-state index in [0.29, 0.717) is 23.7 Å². The van der Waals surface area contributed by atoms with E-state index >= 15 is 0 Å². The highest BCUT2D eigenvalue weighted by atomic mass is 35.5. The number of rotatable bonds is 4. The van der Waals surface area contributed by atoms with Crippen LogP contribution in [0.1, 0.15) is 47.6 Å². The number of benzene rings is 2. The third kappa shape index (κ3) is 4.31. The lowest BCUT2D eigenvalue weighted by molar-refractivity contribution is -0.138. The summed E-state index contributed by atoms with van der Waals surface area (Å²) < 4.78 is 5.36. The van der Waals surface area contributed by atoms with Crippen LogP contribution in [0.3, 0.4) is 0 Å². The molecule has 2 heterocycles. The van der Waals surface area contributed by atoms with Gasteiger partial charge in [-0.3, -0.25) is 9.59 Å². The van der Waals surface area contributed by atoms with Crippen LogP contribution in [0.2, 0.25) is 5.02 Å². The fraction of sp³-hybridized carbons (Fsp3) is 0.417. The van der Waals surface area contributed by atoms with Crippen LogP contribution in [-0.2, 0) is 4.79 Å². The van der Waals surface area contributed by atoms with Crippen LogP contribution >= 0.6 is 11.6 Å². The number of halogens is 1. The van der Waals surface area contributed by atoms with Gasteiger partial charge in [0.15, 0.2) is 0 Å². The number of piperidine rings is 1. The monoisotopic (exact) mass is 426 g/mol. The molecule has 0 spiro atoms. The van der Waals surface area contributed by atoms with Gasteiger partial charge in [-0.15, -0.1) is 0 Å². The van der Waals surface area contributed by atoms with Crippen LogP contribution in [0, 0.1) is 5.92 Å². The van der Waals surface area contributed by atoms with E-state index in [1.807, 2.05) is 28.0 Å². The molecule has 2 unspecified atom stereocenters. The Labute approximate surface area is 182 Å². The molecule has 5 nitrogen and oxygen atoms in total. The summed E-state index contributed by atoms with van der Waals surface area (Å²) in [5.74, 6) is 0.786. The van der Waals surface area contributed by atoms with Gasteiger partial charge in [0.2, 0.25) is 5.91 Å². The molecule has 0 aliphatic carbocycles. The van der Waals surface area contributed by atoms with Crippen molar-refractivity contribution in [1.29, 1.82) is 0 Å². The highest BCUT2D eigenvalue weighted by Crippen LogP contribution is 2.35. The molecular formula is C24H27ClN2O3. The molecule has 2 fully saturated rings. The minimum atomic E-state index is -0.152. The van der Waals surface area contributed by atoms with Crippen LogP contribution in [-0.4, -0.2) is 48.4 Å². The topological polar surface area (TPSA) is 49.9 Å². The maximum atomic E-state index is 13.4. The second-order valence-electron chi connectivity index (χ2n) is 8.06. The first-order valence-corrected chi connectivity index (χ1v) is 10.9. The predicted molar refractivity (Wildman–Crippen MR) is 117 cm³/mol. The van der Waals surface area contributed by atoms with E-state index in [-0.39, 0.29) is 23.8 Å². The van der Waals surface area contributed by atoms with Crippen molar-refractivity contribution in [2.75, 3.05) is 26.7 Å². The number of methoxy groups -OCH3 is 1. The molecule has 2 atom stereocenters. The number of hydrogen-bond donors (Lipinski definition) is 0. The van der Waals surface area contributed by atoms with Crippen molar-refractivity contribution < 1.29 is 14.3 Å². The molecule has 0 N–H and O–H groups in total. The molecule has 158 valence electrons. The summed E-state index contributed by atoms with van der Waals surface area (Å²) in [5.41, 5.74) is 1.73. The molecule has 2 aliphatic rings. The van der Waals surface area contributed by atoms with Gasteiger partial charge in [-0.1, -0.05) is 23.7 Å². The highest BCUT2D eigenvalue weighted by Gasteiger charge is 2.36. The van der Waals surface area contributed by atoms with Crippen molar-refractivity contribution in [3.05, 3.63) is 64.7 Å². The van der Waals surface area contributed by atoms with Crippen LogP contribution in [0.4, 0.5) is 0 Å². The molecular weight excluding hydrogens is 400 g/mol. The molecule has 4 rings (SSSR count). The van der Waals surface area contributed by atoms with Crippen molar-refractivity contribution in [2.45, 2.75) is 31.7 Å². The van der Waals surface area contributed by atoms with Crippen LogP contribution in [0.5, 0.6) is 5.75 Å². The Bertz CT molecular complexity index is 915. The largest absolute Gasteiger partial charge is 0.497 e. The summed E-state index contributed by atoms with van der Waals surface area (Å²) in [4.78, 5) is 30.1. The number of amides is 2. The summed E-state index contributed by atoms with van der Waals surface area (Å²) in [6.07, 6.45) is 3.62. The number of ether oxygens (including phenoxy) is 1. The summed E-state index contributed by atoms with van der Waals surface area (Å²) in [7, 11) is 1.66. The Morgan fingerprint density at radius 2 is 1.80 bits per heavy atom. The van der Waals surface area contributed by atoms with E-state index in [9.17, 15) is 9.59 Å². The maximum Gasteiger partial charge on any atom is 0.253 e. The molecule has 2 amide bonds. The second-order valence-corrected chi connectivity index (χ2v) is 8.50. The number of carbonyl (C=O) groups is 2. The van der Waals surface area contributed by atoms with E-state index in [1.165, 1.54) is 0 Å². The van der Waals surface area contributed by atoms with E-state index in [2.05, 4.69) is 6.07 Å². The summed E-state index contributed by atoms with van der Waals surface area (Å²) in [6, 6.07) is 15.0. The summed E-state index contributed by atoms with van der Waals surface area (Å²) >= 11 is 5.94. The minimum Gasteiger partial charge on any atom is -0.497 e. The van der Waals surface area contributed by atoms with Crippen molar-refractivity contribution in [1.82, 2.24) is 9.80 Å². The van der Waals surface area contributed by atoms with E-state index in [0.717, 1.165) is 43.5 Å². The average Bonchev–Trinajstić information content (AvgIpc) is 3.29. The normalized spacial score (nSPS) is 21.5. The third-order valence-electron chi connectivity index (χ3n) is 6.16. The van der Waals surface area contributed by atoms with Crippen molar-refractivity contribution >= 4 is 23.4 Å². The fourth-order valence-electron chi connectivity index (χ4n) is 4.60. The highest BCUT2D eigenvalue weighted by molar-refractivity contribution is 6.30. The number of nitrogens with zero attached hydrogens (tertiary/aromatic N) is 2. The predicted octanol–water partition coefficient (Wildman–Crippen LogP) is 4.56. The van der Waals surface area contributed by atoms with Gasteiger partial charge in [0.05, 0.1) is 19.1 Å². The van der Waals surface area contributed by atoms with Crippen molar-refractivity contribution in [3.8, 4) is 5.75 Å². The molecule has 2 aliphatic heterocycles. The Balaban J connectivity index is 1.46. The molecule has 2 aromatic rings. The minimum absolute atomic E-state index is 0.0325. The SMILES string of the molecule is COc1cccc(C2CCCN2C(=O)C2CCCN(C(=O)c3ccc(Cl)cc3)C2)c1. The lowest BCUT2D eigenvalue weighted by Gasteiger charge is -2.36. The first kappa shape index (κ1) is 20.7. The zero-order chi connectivity index (χ0) is 21.1. The Kier molecular flexibility index (Phi) is 6.28. The molecule has 2 saturated heterocycles. The fourth-order valence-corrected chi connectivity index (χ4v) is 4.72. The Morgan fingerprint density at radius 1 is 1.03 bits per heavy atom. The van der Waals surface area contributed by atoms with Crippen molar-refractivity contribution in [3.63, 3.8) is 0 Å². The van der Waals surface area contributed by atoms with Gasteiger partial charge in [0, 0.05) is 30.2 Å². The Morgan fingerprint density at radius 3 is 2.57 bits per heavy atom. The van der Waals surface area contributed by atoms with Crippen LogP contribution in [0.25, 0.3) is 0 Å². The first-order valence-electron chi connectivity index (χ1n) is 10.6. The summed E-state index contributed by atoms with van der Waals surface area (Å²) in [6.45, 7) is 1.93. The Hall–Kier alpha value is -2.53. The van der Waals surface area contributed by atoms with Gasteiger partial charge in [0.25, 0.3) is 5.91 Å². The van der Waals surface area contributed by atoms with Gasteiger partial charge < -0.3 is 14.5 Å². The van der Waals surface area contributed by atoms with Crippen molar-refractivity contribution in [2.24, 2.45) is 5.92 Å². The van der Waals surface area contributed by atoms with Gasteiger partial charge in [-0.2, -0.15) is 0 Å². The molecule has 2 aromatic carbocycles. The first-order chi connectivity index (χ1) is 14.6. The number of carbonyl (C=O) groups excluding carboxylic acids is 2. The molecule has 6 heteroatoms. The zero-order valence-corrected chi connectivity index (χ0v) is 18.0. The maximum absolute atomic E-state index is 13.4.